The summed E-state index contributed by atoms with van der Waals surface area (Å²) in [6, 6.07) is 73.0. The Morgan fingerprint density at radius 2 is 0.823 bits per heavy atom. The molecule has 62 heavy (non-hydrogen) atoms. The predicted octanol–water partition coefficient (Wildman–Crippen LogP) is 17.5. The number of nitrogens with zero attached hydrogens (tertiary/aromatic N) is 1. The van der Waals surface area contributed by atoms with Crippen LogP contribution in [0.25, 0.3) is 77.2 Å². The third kappa shape index (κ3) is 6.96. The highest BCUT2D eigenvalue weighted by Gasteiger charge is 2.27. The predicted molar refractivity (Wildman–Crippen MR) is 265 cm³/mol. The van der Waals surface area contributed by atoms with Crippen LogP contribution in [0.15, 0.2) is 205 Å². The van der Waals surface area contributed by atoms with Crippen LogP contribution in [-0.4, -0.2) is 0 Å². The summed E-state index contributed by atoms with van der Waals surface area (Å²) < 4.78 is 6.75. The summed E-state index contributed by atoms with van der Waals surface area (Å²) in [7, 11) is 0. The highest BCUT2D eigenvalue weighted by atomic mass is 16.3. The third-order valence-electron chi connectivity index (χ3n) is 12.4. The second-order valence-electron chi connectivity index (χ2n) is 18.5. The van der Waals surface area contributed by atoms with Gasteiger partial charge in [-0.05, 0) is 79.2 Å². The molecule has 0 spiro atoms. The van der Waals surface area contributed by atoms with E-state index in [9.17, 15) is 0 Å². The van der Waals surface area contributed by atoms with E-state index in [-0.39, 0.29) is 10.8 Å². The molecule has 2 nitrogen and oxygen atoms in total. The molecule has 0 aliphatic heterocycles. The van der Waals surface area contributed by atoms with Gasteiger partial charge >= 0.3 is 0 Å². The highest BCUT2D eigenvalue weighted by molar-refractivity contribution is 6.12. The first-order chi connectivity index (χ1) is 30.0. The van der Waals surface area contributed by atoms with Crippen LogP contribution in [0.5, 0.6) is 0 Å². The van der Waals surface area contributed by atoms with Crippen molar-refractivity contribution >= 4 is 49.8 Å². The largest absolute Gasteiger partial charge is 0.455 e. The Kier molecular flexibility index (Phi) is 9.68. The van der Waals surface area contributed by atoms with Gasteiger partial charge in [0.15, 0.2) is 0 Å². The van der Waals surface area contributed by atoms with Crippen LogP contribution >= 0.6 is 0 Å². The molecule has 2 heteroatoms. The van der Waals surface area contributed by atoms with E-state index >= 15 is 0 Å². The van der Waals surface area contributed by atoms with Crippen molar-refractivity contribution in [2.24, 2.45) is 0 Å². The zero-order chi connectivity index (χ0) is 42.6. The summed E-state index contributed by atoms with van der Waals surface area (Å²) in [4.78, 5) is 2.51. The molecule has 10 rings (SSSR count). The van der Waals surface area contributed by atoms with Gasteiger partial charge < -0.3 is 9.32 Å². The van der Waals surface area contributed by atoms with Gasteiger partial charge in [-0.1, -0.05) is 217 Å². The monoisotopic (exact) mass is 801 g/mol. The molecule has 0 atom stereocenters. The standard InChI is InChI=1S/C60H51NO/c1-59(2,3)43-37-42(38-44(39-43)60(4,5)6)45-25-10-14-33-53(45)61(55-35-16-12-27-48(55)51-31-20-32-52-49-28-13-17-36-56(49)62-58(51)52)54-34-15-11-26-47(54)50-30-19-24-41-23-18-29-46(57(41)50)40-21-8-7-9-22-40/h7-39H,1-6H3. The van der Waals surface area contributed by atoms with Crippen LogP contribution in [0.4, 0.5) is 17.1 Å². The van der Waals surface area contributed by atoms with Crippen LogP contribution in [0, 0.1) is 0 Å². The Hall–Kier alpha value is -7.16. The van der Waals surface area contributed by atoms with Gasteiger partial charge in [0.25, 0.3) is 0 Å². The zero-order valence-electron chi connectivity index (χ0n) is 36.4. The minimum absolute atomic E-state index is 0.0417. The van der Waals surface area contributed by atoms with Gasteiger partial charge in [-0.25, -0.2) is 0 Å². The molecule has 1 aromatic heterocycles. The first-order valence-electron chi connectivity index (χ1n) is 21.8. The van der Waals surface area contributed by atoms with Crippen LogP contribution in [-0.2, 0) is 10.8 Å². The molecule has 0 aliphatic rings. The molecular weight excluding hydrogens is 751 g/mol. The lowest BCUT2D eigenvalue weighted by Crippen LogP contribution is -2.17. The fourth-order valence-corrected chi connectivity index (χ4v) is 9.13. The van der Waals surface area contributed by atoms with Crippen molar-refractivity contribution in [1.82, 2.24) is 0 Å². The van der Waals surface area contributed by atoms with Gasteiger partial charge in [0.1, 0.15) is 11.2 Å². The van der Waals surface area contributed by atoms with E-state index < -0.39 is 0 Å². The molecule has 0 radical (unpaired) electrons. The number of rotatable bonds is 7. The van der Waals surface area contributed by atoms with Gasteiger partial charge in [-0.15, -0.1) is 0 Å². The average molecular weight is 802 g/mol. The molecule has 0 amide bonds. The third-order valence-corrected chi connectivity index (χ3v) is 12.4. The van der Waals surface area contributed by atoms with Crippen LogP contribution in [0.2, 0.25) is 0 Å². The van der Waals surface area contributed by atoms with Gasteiger partial charge in [0.05, 0.1) is 17.1 Å². The Morgan fingerprint density at radius 3 is 1.47 bits per heavy atom. The van der Waals surface area contributed by atoms with Crippen LogP contribution in [0.3, 0.4) is 0 Å². The number of para-hydroxylation sites is 5. The number of fused-ring (bicyclic) bond motifs is 4. The Labute approximate surface area is 365 Å². The Bertz CT molecular complexity index is 3230. The number of hydrogen-bond acceptors (Lipinski definition) is 2. The van der Waals surface area contributed by atoms with Crippen LogP contribution < -0.4 is 4.90 Å². The maximum absolute atomic E-state index is 6.75. The smallest absolute Gasteiger partial charge is 0.143 e. The molecule has 1 heterocycles. The number of furan rings is 1. The summed E-state index contributed by atoms with van der Waals surface area (Å²) in [5, 5.41) is 4.66. The topological polar surface area (TPSA) is 16.4 Å². The molecule has 0 bridgehead atoms. The zero-order valence-corrected chi connectivity index (χ0v) is 36.4. The van der Waals surface area contributed by atoms with Gasteiger partial charge in [-0.3, -0.25) is 0 Å². The number of anilines is 3. The van der Waals surface area contributed by atoms with E-state index in [4.69, 9.17) is 4.42 Å². The number of benzene rings is 9. The van der Waals surface area contributed by atoms with Gasteiger partial charge in [0.2, 0.25) is 0 Å². The van der Waals surface area contributed by atoms with Gasteiger partial charge in [-0.2, -0.15) is 0 Å². The summed E-state index contributed by atoms with van der Waals surface area (Å²) in [5.74, 6) is 0. The fraction of sp³-hybridized carbons (Fsp3) is 0.133. The van der Waals surface area contributed by atoms with Crippen molar-refractivity contribution in [1.29, 1.82) is 0 Å². The molecular formula is C60H51NO. The SMILES string of the molecule is CC(C)(C)c1cc(-c2ccccc2N(c2ccccc2-c2cccc3c2oc2ccccc23)c2ccccc2-c2cccc3cccc(-c4ccccc4)c23)cc(C(C)(C)C)c1. The summed E-state index contributed by atoms with van der Waals surface area (Å²) in [5.41, 5.74) is 16.8. The first-order valence-corrected chi connectivity index (χ1v) is 21.8. The molecule has 9 aromatic carbocycles. The van der Waals surface area contributed by atoms with Crippen molar-refractivity contribution in [2.75, 3.05) is 4.90 Å². The lowest BCUT2D eigenvalue weighted by Gasteiger charge is -2.32. The van der Waals surface area contributed by atoms with Crippen molar-refractivity contribution in [3.63, 3.8) is 0 Å². The van der Waals surface area contributed by atoms with Crippen molar-refractivity contribution in [2.45, 2.75) is 52.4 Å². The normalized spacial score (nSPS) is 12.0. The molecule has 0 aliphatic carbocycles. The quantitative estimate of drug-likeness (QED) is 0.160. The highest BCUT2D eigenvalue weighted by Crippen LogP contribution is 2.51. The molecule has 0 fully saturated rings. The average Bonchev–Trinajstić information content (AvgIpc) is 3.68. The Balaban J connectivity index is 1.29. The summed E-state index contributed by atoms with van der Waals surface area (Å²) >= 11 is 0. The van der Waals surface area contributed by atoms with Crippen molar-refractivity contribution in [3.8, 4) is 44.5 Å². The molecule has 0 saturated carbocycles. The summed E-state index contributed by atoms with van der Waals surface area (Å²) in [6.07, 6.45) is 0. The van der Waals surface area contributed by atoms with Gasteiger partial charge in [0, 0.05) is 33.0 Å². The van der Waals surface area contributed by atoms with E-state index in [1.807, 2.05) is 6.07 Å². The van der Waals surface area contributed by atoms with E-state index in [1.165, 1.54) is 49.7 Å². The molecule has 0 unspecified atom stereocenters. The van der Waals surface area contributed by atoms with E-state index in [0.29, 0.717) is 0 Å². The van der Waals surface area contributed by atoms with Crippen molar-refractivity contribution in [3.05, 3.63) is 211 Å². The van der Waals surface area contributed by atoms with E-state index in [1.54, 1.807) is 0 Å². The van der Waals surface area contributed by atoms with Crippen molar-refractivity contribution < 1.29 is 4.42 Å². The maximum Gasteiger partial charge on any atom is 0.143 e. The second kappa shape index (κ2) is 15.4. The lowest BCUT2D eigenvalue weighted by molar-refractivity contribution is 0.569. The molecule has 302 valence electrons. The fourth-order valence-electron chi connectivity index (χ4n) is 9.13. The second-order valence-corrected chi connectivity index (χ2v) is 18.5. The molecule has 0 saturated heterocycles. The Morgan fingerprint density at radius 1 is 0.355 bits per heavy atom. The molecule has 10 aromatic rings. The van der Waals surface area contributed by atoms with Crippen LogP contribution in [0.1, 0.15) is 52.7 Å². The minimum atomic E-state index is -0.0417. The molecule has 0 N–H and O–H groups in total. The number of hydrogen-bond donors (Lipinski definition) is 0. The lowest BCUT2D eigenvalue weighted by atomic mass is 9.78. The van der Waals surface area contributed by atoms with E-state index in [2.05, 4.69) is 241 Å². The summed E-state index contributed by atoms with van der Waals surface area (Å²) in [6.45, 7) is 13.9. The minimum Gasteiger partial charge on any atom is -0.455 e. The first kappa shape index (κ1) is 39.0. The van der Waals surface area contributed by atoms with E-state index in [0.717, 1.165) is 55.7 Å². The maximum atomic E-state index is 6.75.